The third-order valence-corrected chi connectivity index (χ3v) is 4.34. The molecule has 2 N–H and O–H groups in total. The molecule has 9 heteroatoms. The van der Waals surface area contributed by atoms with Gasteiger partial charge in [-0.25, -0.2) is 4.39 Å². The Labute approximate surface area is 152 Å². The van der Waals surface area contributed by atoms with Crippen LogP contribution in [0, 0.1) is 11.6 Å². The van der Waals surface area contributed by atoms with Gasteiger partial charge in [0.15, 0.2) is 11.6 Å². The van der Waals surface area contributed by atoms with Crippen molar-refractivity contribution in [3.63, 3.8) is 0 Å². The van der Waals surface area contributed by atoms with Gasteiger partial charge in [0.1, 0.15) is 5.75 Å². The van der Waals surface area contributed by atoms with E-state index in [2.05, 4.69) is 10.1 Å². The molecule has 27 heavy (non-hydrogen) atoms. The van der Waals surface area contributed by atoms with Crippen LogP contribution < -0.4 is 10.1 Å². The van der Waals surface area contributed by atoms with Crippen LogP contribution >= 0.6 is 0 Å². The van der Waals surface area contributed by atoms with Crippen molar-refractivity contribution in [1.29, 1.82) is 0 Å². The van der Waals surface area contributed by atoms with Crippen molar-refractivity contribution in [3.8, 4) is 11.5 Å². The van der Waals surface area contributed by atoms with Crippen molar-refractivity contribution >= 4 is 0 Å². The lowest BCUT2D eigenvalue weighted by Crippen LogP contribution is -2.45. The first kappa shape index (κ1) is 19.4. The van der Waals surface area contributed by atoms with Crippen LogP contribution in [0.5, 0.6) is 11.5 Å². The third-order valence-electron chi connectivity index (χ3n) is 4.34. The van der Waals surface area contributed by atoms with Gasteiger partial charge < -0.3 is 15.2 Å². The molecule has 0 bridgehead atoms. The van der Waals surface area contributed by atoms with Crippen molar-refractivity contribution in [2.45, 2.75) is 12.4 Å². The Bertz CT molecular complexity index is 790. The maximum atomic E-state index is 13.9. The van der Waals surface area contributed by atoms with Crippen LogP contribution in [0.25, 0.3) is 0 Å². The SMILES string of the molecule is Oc1c([C@H](c2ccc(OC(F)(F)F)cc2)N2CCNCC2)ccc(F)c1F. The topological polar surface area (TPSA) is 44.7 Å². The molecule has 4 nitrogen and oxygen atoms in total. The lowest BCUT2D eigenvalue weighted by Gasteiger charge is -2.36. The molecule has 1 aliphatic rings. The lowest BCUT2D eigenvalue weighted by atomic mass is 9.95. The van der Waals surface area contributed by atoms with Gasteiger partial charge in [-0.2, -0.15) is 4.39 Å². The summed E-state index contributed by atoms with van der Waals surface area (Å²) < 4.78 is 68.2. The van der Waals surface area contributed by atoms with Crippen molar-refractivity contribution in [2.24, 2.45) is 0 Å². The van der Waals surface area contributed by atoms with E-state index in [0.29, 0.717) is 31.7 Å². The molecule has 1 fully saturated rings. The first-order chi connectivity index (χ1) is 12.8. The van der Waals surface area contributed by atoms with Crippen molar-refractivity contribution < 1.29 is 31.8 Å². The van der Waals surface area contributed by atoms with Crippen LogP contribution in [-0.2, 0) is 0 Å². The second kappa shape index (κ2) is 7.69. The van der Waals surface area contributed by atoms with E-state index in [1.807, 2.05) is 4.90 Å². The summed E-state index contributed by atoms with van der Waals surface area (Å²) in [6.45, 7) is 2.42. The summed E-state index contributed by atoms with van der Waals surface area (Å²) in [7, 11) is 0. The molecule has 1 heterocycles. The summed E-state index contributed by atoms with van der Waals surface area (Å²) in [4.78, 5) is 1.93. The number of phenolic OH excluding ortho intramolecular Hbond substituents is 1. The minimum atomic E-state index is -4.81. The summed E-state index contributed by atoms with van der Waals surface area (Å²) in [6, 6.07) is 6.66. The molecule has 0 saturated carbocycles. The van der Waals surface area contributed by atoms with Gasteiger partial charge in [-0.3, -0.25) is 4.90 Å². The van der Waals surface area contributed by atoms with Crippen molar-refractivity contribution in [2.75, 3.05) is 26.2 Å². The molecular weight excluding hydrogens is 371 g/mol. The van der Waals surface area contributed by atoms with Gasteiger partial charge in [0, 0.05) is 31.7 Å². The second-order valence-corrected chi connectivity index (χ2v) is 6.10. The number of ether oxygens (including phenoxy) is 1. The van der Waals surface area contributed by atoms with Crippen LogP contribution in [-0.4, -0.2) is 42.5 Å². The zero-order valence-corrected chi connectivity index (χ0v) is 14.1. The van der Waals surface area contributed by atoms with E-state index in [1.54, 1.807) is 0 Å². The van der Waals surface area contributed by atoms with E-state index in [9.17, 15) is 27.1 Å². The summed E-state index contributed by atoms with van der Waals surface area (Å²) >= 11 is 0. The van der Waals surface area contributed by atoms with E-state index < -0.39 is 29.8 Å². The number of phenols is 1. The van der Waals surface area contributed by atoms with Crippen molar-refractivity contribution in [3.05, 3.63) is 59.2 Å². The highest BCUT2D eigenvalue weighted by atomic mass is 19.4. The molecule has 0 radical (unpaired) electrons. The van der Waals surface area contributed by atoms with Gasteiger partial charge in [0.25, 0.3) is 0 Å². The Kier molecular flexibility index (Phi) is 5.52. The molecule has 0 amide bonds. The van der Waals surface area contributed by atoms with Crippen LogP contribution in [0.15, 0.2) is 36.4 Å². The van der Waals surface area contributed by atoms with E-state index >= 15 is 0 Å². The van der Waals surface area contributed by atoms with E-state index in [-0.39, 0.29) is 11.3 Å². The molecule has 1 saturated heterocycles. The highest BCUT2D eigenvalue weighted by Crippen LogP contribution is 2.37. The second-order valence-electron chi connectivity index (χ2n) is 6.10. The Hall–Kier alpha value is -2.39. The number of hydrogen-bond acceptors (Lipinski definition) is 4. The first-order valence-electron chi connectivity index (χ1n) is 8.23. The molecule has 2 aromatic carbocycles. The van der Waals surface area contributed by atoms with Gasteiger partial charge >= 0.3 is 6.36 Å². The van der Waals surface area contributed by atoms with E-state index in [4.69, 9.17) is 0 Å². The van der Waals surface area contributed by atoms with E-state index in [1.165, 1.54) is 18.2 Å². The Morgan fingerprint density at radius 3 is 2.22 bits per heavy atom. The normalized spacial score (nSPS) is 16.9. The number of rotatable bonds is 4. The number of halogens is 5. The van der Waals surface area contributed by atoms with Crippen molar-refractivity contribution in [1.82, 2.24) is 10.2 Å². The maximum Gasteiger partial charge on any atom is 0.573 e. The van der Waals surface area contributed by atoms with E-state index in [0.717, 1.165) is 18.2 Å². The van der Waals surface area contributed by atoms with Crippen LogP contribution in [0.4, 0.5) is 22.0 Å². The molecule has 1 aliphatic heterocycles. The van der Waals surface area contributed by atoms with Crippen LogP contribution in [0.3, 0.4) is 0 Å². The van der Waals surface area contributed by atoms with Gasteiger partial charge in [0.05, 0.1) is 6.04 Å². The number of aromatic hydroxyl groups is 1. The third kappa shape index (κ3) is 4.48. The average molecular weight is 388 g/mol. The fourth-order valence-electron chi connectivity index (χ4n) is 3.15. The van der Waals surface area contributed by atoms with Gasteiger partial charge in [-0.05, 0) is 23.8 Å². The van der Waals surface area contributed by atoms with Crippen LogP contribution in [0.1, 0.15) is 17.2 Å². The predicted molar refractivity (Wildman–Crippen MR) is 87.4 cm³/mol. The first-order valence-corrected chi connectivity index (χ1v) is 8.23. The predicted octanol–water partition coefficient (Wildman–Crippen LogP) is 3.56. The summed E-state index contributed by atoms with van der Waals surface area (Å²) in [5.41, 5.74) is 0.660. The molecule has 3 rings (SSSR count). The molecule has 0 unspecified atom stereocenters. The fourth-order valence-corrected chi connectivity index (χ4v) is 3.15. The Balaban J connectivity index is 1.99. The van der Waals surface area contributed by atoms with Gasteiger partial charge in [0.2, 0.25) is 5.82 Å². The highest BCUT2D eigenvalue weighted by molar-refractivity contribution is 5.43. The smallest absolute Gasteiger partial charge is 0.505 e. The van der Waals surface area contributed by atoms with Gasteiger partial charge in [-0.1, -0.05) is 18.2 Å². The largest absolute Gasteiger partial charge is 0.573 e. The molecule has 146 valence electrons. The molecule has 0 aromatic heterocycles. The average Bonchev–Trinajstić information content (AvgIpc) is 2.63. The Morgan fingerprint density at radius 2 is 1.63 bits per heavy atom. The quantitative estimate of drug-likeness (QED) is 0.787. The number of hydrogen-bond donors (Lipinski definition) is 2. The zero-order chi connectivity index (χ0) is 19.6. The minimum Gasteiger partial charge on any atom is -0.505 e. The minimum absolute atomic E-state index is 0.139. The highest BCUT2D eigenvalue weighted by Gasteiger charge is 2.32. The van der Waals surface area contributed by atoms with Crippen LogP contribution in [0.2, 0.25) is 0 Å². The monoisotopic (exact) mass is 388 g/mol. The maximum absolute atomic E-state index is 13.9. The number of nitrogens with one attached hydrogen (secondary N) is 1. The zero-order valence-electron chi connectivity index (χ0n) is 14.1. The molecule has 0 aliphatic carbocycles. The number of alkyl halides is 3. The summed E-state index contributed by atoms with van der Waals surface area (Å²) in [6.07, 6.45) is -4.81. The summed E-state index contributed by atoms with van der Waals surface area (Å²) in [5.74, 6) is -3.73. The lowest BCUT2D eigenvalue weighted by molar-refractivity contribution is -0.274. The molecule has 1 atom stereocenters. The number of piperazine rings is 1. The Morgan fingerprint density at radius 1 is 1.00 bits per heavy atom. The molecular formula is C18H17F5N2O2. The molecule has 0 spiro atoms. The standard InChI is InChI=1S/C18H17F5N2O2/c19-14-6-5-13(17(26)15(14)20)16(25-9-7-24-8-10-25)11-1-3-12(4-2-11)27-18(21,22)23/h1-6,16,24,26H,7-10H2/t16-/m0/s1. The number of benzene rings is 2. The molecule has 2 aromatic rings. The summed E-state index contributed by atoms with van der Waals surface area (Å²) in [5, 5.41) is 13.3. The number of nitrogens with zero attached hydrogens (tertiary/aromatic N) is 1. The fraction of sp³-hybridized carbons (Fsp3) is 0.333. The van der Waals surface area contributed by atoms with Gasteiger partial charge in [-0.15, -0.1) is 13.2 Å².